The van der Waals surface area contributed by atoms with Gasteiger partial charge in [-0.3, -0.25) is 4.90 Å². The molecule has 31 heavy (non-hydrogen) atoms. The van der Waals surface area contributed by atoms with Crippen molar-refractivity contribution in [2.45, 2.75) is 37.8 Å². The lowest BCUT2D eigenvalue weighted by atomic mass is 9.98. The second-order valence-electron chi connectivity index (χ2n) is 8.41. The number of ether oxygens (including phenoxy) is 2. The molecule has 0 aromatic heterocycles. The number of carbonyl (C=O) groups is 2. The van der Waals surface area contributed by atoms with Crippen LogP contribution in [-0.4, -0.2) is 65.7 Å². The number of fused-ring (bicyclic) bond motifs is 3. The zero-order valence-electron chi connectivity index (χ0n) is 18.1. The normalized spacial score (nSPS) is 13.9. The van der Waals surface area contributed by atoms with E-state index in [-0.39, 0.29) is 25.7 Å². The number of aliphatic hydroxyl groups is 1. The second kappa shape index (κ2) is 9.49. The van der Waals surface area contributed by atoms with Gasteiger partial charge in [0.15, 0.2) is 6.04 Å². The van der Waals surface area contributed by atoms with Gasteiger partial charge in [0.05, 0.1) is 12.2 Å². The Kier molecular flexibility index (Phi) is 6.97. The van der Waals surface area contributed by atoms with Crippen molar-refractivity contribution in [1.82, 2.24) is 4.90 Å². The van der Waals surface area contributed by atoms with Crippen molar-refractivity contribution in [2.75, 3.05) is 26.9 Å². The van der Waals surface area contributed by atoms with Gasteiger partial charge in [-0.1, -0.05) is 48.5 Å². The van der Waals surface area contributed by atoms with Gasteiger partial charge in [0.25, 0.3) is 0 Å². The Labute approximate surface area is 182 Å². The Morgan fingerprint density at radius 3 is 2.13 bits per heavy atom. The van der Waals surface area contributed by atoms with Crippen molar-refractivity contribution in [3.8, 4) is 11.1 Å². The summed E-state index contributed by atoms with van der Waals surface area (Å²) in [5, 5.41) is 19.2. The Morgan fingerprint density at radius 2 is 1.61 bits per heavy atom. The number of amides is 1. The Bertz CT molecular complexity index is 890. The van der Waals surface area contributed by atoms with E-state index in [1.165, 1.54) is 7.05 Å². The van der Waals surface area contributed by atoms with Gasteiger partial charge < -0.3 is 19.7 Å². The predicted octanol–water partition coefficient (Wildman–Crippen LogP) is 3.50. The molecule has 0 fully saturated rings. The molecular weight excluding hydrogens is 398 g/mol. The number of aliphatic carboxylic acids is 1. The van der Waals surface area contributed by atoms with E-state index in [0.717, 1.165) is 27.2 Å². The highest BCUT2D eigenvalue weighted by molar-refractivity contribution is 5.81. The molecule has 1 aliphatic rings. The molecule has 1 atom stereocenters. The molecule has 0 spiro atoms. The fraction of sp³-hybridized carbons (Fsp3) is 0.417. The van der Waals surface area contributed by atoms with Crippen LogP contribution >= 0.6 is 0 Å². The molecule has 2 aromatic rings. The number of hydrogen-bond acceptors (Lipinski definition) is 5. The minimum atomic E-state index is -1.18. The highest BCUT2D eigenvalue weighted by atomic mass is 16.6. The molecule has 0 saturated carbocycles. The van der Waals surface area contributed by atoms with Crippen molar-refractivity contribution >= 4 is 12.1 Å². The first-order valence-electron chi connectivity index (χ1n) is 10.3. The van der Waals surface area contributed by atoms with Gasteiger partial charge in [-0.05, 0) is 42.5 Å². The first-order chi connectivity index (χ1) is 14.7. The molecule has 0 bridgehead atoms. The summed E-state index contributed by atoms with van der Waals surface area (Å²) in [4.78, 5) is 25.3. The van der Waals surface area contributed by atoms with Crippen molar-refractivity contribution in [3.63, 3.8) is 0 Å². The van der Waals surface area contributed by atoms with Crippen LogP contribution in [0.15, 0.2) is 48.5 Å². The smallest absolute Gasteiger partial charge is 0.410 e. The summed E-state index contributed by atoms with van der Waals surface area (Å²) >= 11 is 0. The quantitative estimate of drug-likeness (QED) is 0.595. The van der Waals surface area contributed by atoms with E-state index in [9.17, 15) is 19.8 Å². The third kappa shape index (κ3) is 5.42. The molecule has 166 valence electrons. The number of nitrogens with zero attached hydrogens (tertiary/aromatic N) is 1. The summed E-state index contributed by atoms with van der Waals surface area (Å²) in [6, 6.07) is 14.8. The molecule has 1 amide bonds. The average Bonchev–Trinajstić information content (AvgIpc) is 3.04. The monoisotopic (exact) mass is 427 g/mol. The third-order valence-corrected chi connectivity index (χ3v) is 5.51. The summed E-state index contributed by atoms with van der Waals surface area (Å²) in [6.07, 6.45) is -0.367. The minimum absolute atomic E-state index is 0.101. The molecule has 1 aliphatic carbocycles. The highest BCUT2D eigenvalue weighted by Crippen LogP contribution is 2.44. The van der Waals surface area contributed by atoms with E-state index < -0.39 is 23.7 Å². The summed E-state index contributed by atoms with van der Waals surface area (Å²) in [7, 11) is 1.39. The van der Waals surface area contributed by atoms with Crippen LogP contribution in [0.5, 0.6) is 0 Å². The maximum atomic E-state index is 12.6. The van der Waals surface area contributed by atoms with Crippen LogP contribution in [-0.2, 0) is 14.3 Å². The van der Waals surface area contributed by atoms with E-state index >= 15 is 0 Å². The lowest BCUT2D eigenvalue weighted by molar-refractivity contribution is -0.144. The molecule has 7 nitrogen and oxygen atoms in total. The van der Waals surface area contributed by atoms with Gasteiger partial charge in [0.2, 0.25) is 0 Å². The first-order valence-corrected chi connectivity index (χ1v) is 10.3. The SMILES string of the molecule is CN(C(=O)OCC1c2ccccc2-c2ccccc21)[C@@H](COCCC(C)(C)O)C(=O)O. The van der Waals surface area contributed by atoms with Crippen LogP contribution < -0.4 is 0 Å². The van der Waals surface area contributed by atoms with E-state index in [1.54, 1.807) is 13.8 Å². The topological polar surface area (TPSA) is 96.3 Å². The first kappa shape index (κ1) is 22.8. The molecule has 3 rings (SSSR count). The Morgan fingerprint density at radius 1 is 1.06 bits per heavy atom. The van der Waals surface area contributed by atoms with Gasteiger partial charge in [-0.25, -0.2) is 9.59 Å². The number of hydrogen-bond donors (Lipinski definition) is 2. The summed E-state index contributed by atoms with van der Waals surface area (Å²) in [5.41, 5.74) is 3.51. The third-order valence-electron chi connectivity index (χ3n) is 5.51. The van der Waals surface area contributed by atoms with Crippen LogP contribution in [0, 0.1) is 0 Å². The number of rotatable bonds is 9. The zero-order chi connectivity index (χ0) is 22.6. The van der Waals surface area contributed by atoms with Crippen LogP contribution in [0.25, 0.3) is 11.1 Å². The Balaban J connectivity index is 1.62. The van der Waals surface area contributed by atoms with Gasteiger partial charge >= 0.3 is 12.1 Å². The predicted molar refractivity (Wildman–Crippen MR) is 116 cm³/mol. The van der Waals surface area contributed by atoms with Crippen molar-refractivity contribution in [1.29, 1.82) is 0 Å². The molecule has 2 N–H and O–H groups in total. The maximum absolute atomic E-state index is 12.6. The van der Waals surface area contributed by atoms with Crippen molar-refractivity contribution in [2.24, 2.45) is 0 Å². The lowest BCUT2D eigenvalue weighted by Gasteiger charge is -2.25. The Hall–Kier alpha value is -2.90. The fourth-order valence-corrected chi connectivity index (χ4v) is 3.69. The van der Waals surface area contributed by atoms with Crippen LogP contribution in [0.1, 0.15) is 37.3 Å². The van der Waals surface area contributed by atoms with Gasteiger partial charge in [-0.15, -0.1) is 0 Å². The summed E-state index contributed by atoms with van der Waals surface area (Å²) < 4.78 is 10.9. The maximum Gasteiger partial charge on any atom is 0.410 e. The van der Waals surface area contributed by atoms with Crippen molar-refractivity contribution < 1.29 is 29.3 Å². The zero-order valence-corrected chi connectivity index (χ0v) is 18.1. The van der Waals surface area contributed by atoms with Crippen LogP contribution in [0.3, 0.4) is 0 Å². The van der Waals surface area contributed by atoms with Crippen LogP contribution in [0.4, 0.5) is 4.79 Å². The van der Waals surface area contributed by atoms with E-state index in [4.69, 9.17) is 9.47 Å². The second-order valence-corrected chi connectivity index (χ2v) is 8.41. The molecule has 2 aromatic carbocycles. The number of benzene rings is 2. The van der Waals surface area contributed by atoms with Gasteiger partial charge in [0, 0.05) is 19.6 Å². The minimum Gasteiger partial charge on any atom is -0.480 e. The van der Waals surface area contributed by atoms with Crippen molar-refractivity contribution in [3.05, 3.63) is 59.7 Å². The molecule has 0 saturated heterocycles. The number of likely N-dealkylation sites (N-methyl/N-ethyl adjacent to an activating group) is 1. The van der Waals surface area contributed by atoms with Crippen LogP contribution in [0.2, 0.25) is 0 Å². The van der Waals surface area contributed by atoms with E-state index in [0.29, 0.717) is 6.42 Å². The molecule has 0 aliphatic heterocycles. The van der Waals surface area contributed by atoms with E-state index in [2.05, 4.69) is 0 Å². The number of carbonyl (C=O) groups excluding carboxylic acids is 1. The molecule has 0 radical (unpaired) electrons. The average molecular weight is 427 g/mol. The molecule has 0 heterocycles. The van der Waals surface area contributed by atoms with Gasteiger partial charge in [-0.2, -0.15) is 0 Å². The highest BCUT2D eigenvalue weighted by Gasteiger charge is 2.32. The molecule has 0 unspecified atom stereocenters. The van der Waals surface area contributed by atoms with E-state index in [1.807, 2.05) is 48.5 Å². The largest absolute Gasteiger partial charge is 0.480 e. The molecule has 7 heteroatoms. The van der Waals surface area contributed by atoms with Gasteiger partial charge in [0.1, 0.15) is 6.61 Å². The summed E-state index contributed by atoms with van der Waals surface area (Å²) in [5.74, 6) is -1.28. The number of carboxylic acids is 1. The number of carboxylic acid groups (broad SMARTS) is 1. The molecular formula is C24H29NO6. The fourth-order valence-electron chi connectivity index (χ4n) is 3.69. The standard InChI is InChI=1S/C24H29NO6/c1-24(2,29)12-13-30-15-21(22(26)27)25(3)23(28)31-14-20-18-10-6-4-8-16(18)17-9-5-7-11-19(17)20/h4-11,20-21,29H,12-15H2,1-3H3,(H,26,27)/t21-/m0/s1. The summed E-state index contributed by atoms with van der Waals surface area (Å²) in [6.45, 7) is 3.41. The lowest BCUT2D eigenvalue weighted by Crippen LogP contribution is -2.46.